The van der Waals surface area contributed by atoms with Gasteiger partial charge in [-0.15, -0.1) is 0 Å². The molecule has 0 bridgehead atoms. The Morgan fingerprint density at radius 2 is 2.08 bits per heavy atom. The summed E-state index contributed by atoms with van der Waals surface area (Å²) in [5.41, 5.74) is 1.55. The van der Waals surface area contributed by atoms with Crippen molar-refractivity contribution in [1.29, 1.82) is 0 Å². The summed E-state index contributed by atoms with van der Waals surface area (Å²) in [5, 5.41) is 0.979. The van der Waals surface area contributed by atoms with Crippen LogP contribution in [0.4, 0.5) is 0 Å². The number of benzene rings is 1. The molecular weight excluding hydrogens is 154 g/mol. The summed E-state index contributed by atoms with van der Waals surface area (Å²) in [7, 11) is 0. The molecule has 0 aliphatic carbocycles. The number of rotatable bonds is 0. The Morgan fingerprint density at radius 3 is 2.92 bits per heavy atom. The van der Waals surface area contributed by atoms with Gasteiger partial charge in [0.05, 0.1) is 0 Å². The second-order valence-electron chi connectivity index (χ2n) is 2.76. The molecule has 3 rings (SSSR count). The fraction of sp³-hybridized carbons (Fsp3) is 0. The van der Waals surface area contributed by atoms with Gasteiger partial charge in [-0.2, -0.15) is 0 Å². The normalized spacial score (nSPS) is 13.8. The topological polar surface area (TPSA) is 42.1 Å². The number of H-pyrrole nitrogens is 1. The van der Waals surface area contributed by atoms with Crippen molar-refractivity contribution in [1.82, 2.24) is 4.98 Å². The molecule has 2 heterocycles. The summed E-state index contributed by atoms with van der Waals surface area (Å²) in [6.07, 6.45) is 0. The lowest BCUT2D eigenvalue weighted by Gasteiger charge is -2.11. The Bertz CT molecular complexity index is 484. The standard InChI is InChI=1S/C9H5NO2/c11-9-7-8(12-9)5-3-1-2-4-6(5)10-7/h1-4,10H. The maximum Gasteiger partial charge on any atom is 0.364 e. The van der Waals surface area contributed by atoms with Crippen LogP contribution in [0.1, 0.15) is 10.5 Å². The average molecular weight is 159 g/mol. The first kappa shape index (κ1) is 5.83. The summed E-state index contributed by atoms with van der Waals surface area (Å²) in [6, 6.07) is 7.69. The SMILES string of the molecule is O=C1Oc2c1[nH]c1ccccc21. The van der Waals surface area contributed by atoms with Crippen molar-refractivity contribution in [3.63, 3.8) is 0 Å². The number of hydrogen-bond donors (Lipinski definition) is 1. The zero-order valence-corrected chi connectivity index (χ0v) is 6.13. The van der Waals surface area contributed by atoms with Crippen LogP contribution in [-0.4, -0.2) is 11.0 Å². The Balaban J connectivity index is 2.49. The molecule has 0 saturated heterocycles. The minimum Gasteiger partial charge on any atom is -0.418 e. The molecule has 1 N–H and O–H groups in total. The number of hydrogen-bond acceptors (Lipinski definition) is 2. The van der Waals surface area contributed by atoms with Crippen molar-refractivity contribution < 1.29 is 9.53 Å². The van der Waals surface area contributed by atoms with E-state index in [9.17, 15) is 4.79 Å². The first-order valence-electron chi connectivity index (χ1n) is 3.69. The average Bonchev–Trinajstić information content (AvgIpc) is 2.39. The predicted octanol–water partition coefficient (Wildman–Crippen LogP) is 1.70. The molecule has 0 fully saturated rings. The lowest BCUT2D eigenvalue weighted by atomic mass is 10.2. The minimum atomic E-state index is -0.263. The van der Waals surface area contributed by atoms with Crippen molar-refractivity contribution in [3.05, 3.63) is 30.0 Å². The van der Waals surface area contributed by atoms with Gasteiger partial charge < -0.3 is 9.72 Å². The van der Waals surface area contributed by atoms with E-state index < -0.39 is 0 Å². The molecule has 2 aromatic rings. The van der Waals surface area contributed by atoms with Crippen LogP contribution in [-0.2, 0) is 0 Å². The third-order valence-electron chi connectivity index (χ3n) is 2.06. The number of fused-ring (bicyclic) bond motifs is 3. The Morgan fingerprint density at radius 1 is 1.25 bits per heavy atom. The molecule has 12 heavy (non-hydrogen) atoms. The highest BCUT2D eigenvalue weighted by atomic mass is 16.6. The number of nitrogens with one attached hydrogen (secondary N) is 1. The van der Waals surface area contributed by atoms with E-state index in [1.165, 1.54) is 0 Å². The number of carbonyl (C=O) groups excluding carboxylic acids is 1. The Kier molecular flexibility index (Phi) is 0.821. The van der Waals surface area contributed by atoms with Crippen LogP contribution in [0.15, 0.2) is 24.3 Å². The summed E-state index contributed by atoms with van der Waals surface area (Å²) < 4.78 is 4.87. The third kappa shape index (κ3) is 0.504. The van der Waals surface area contributed by atoms with E-state index in [4.69, 9.17) is 4.74 Å². The van der Waals surface area contributed by atoms with Crippen LogP contribution >= 0.6 is 0 Å². The fourth-order valence-electron chi connectivity index (χ4n) is 1.46. The maximum atomic E-state index is 10.8. The van der Waals surface area contributed by atoms with Gasteiger partial charge in [0, 0.05) is 10.9 Å². The van der Waals surface area contributed by atoms with Gasteiger partial charge in [0.2, 0.25) is 0 Å². The number of esters is 1. The van der Waals surface area contributed by atoms with Gasteiger partial charge in [0.15, 0.2) is 11.4 Å². The van der Waals surface area contributed by atoms with Gasteiger partial charge in [0.25, 0.3) is 0 Å². The lowest BCUT2D eigenvalue weighted by molar-refractivity contribution is 0.0656. The molecule has 3 heteroatoms. The van der Waals surface area contributed by atoms with E-state index in [1.54, 1.807) is 0 Å². The fourth-order valence-corrected chi connectivity index (χ4v) is 1.46. The second kappa shape index (κ2) is 1.69. The zero-order chi connectivity index (χ0) is 8.13. The van der Waals surface area contributed by atoms with Crippen molar-refractivity contribution in [2.45, 2.75) is 0 Å². The number of ether oxygens (including phenoxy) is 1. The first-order valence-corrected chi connectivity index (χ1v) is 3.69. The molecule has 1 aromatic heterocycles. The van der Waals surface area contributed by atoms with E-state index in [0.717, 1.165) is 10.9 Å². The number of carbonyl (C=O) groups is 1. The maximum absolute atomic E-state index is 10.8. The van der Waals surface area contributed by atoms with Gasteiger partial charge >= 0.3 is 5.97 Å². The predicted molar refractivity (Wildman–Crippen MR) is 43.3 cm³/mol. The van der Waals surface area contributed by atoms with Crippen LogP contribution in [0.3, 0.4) is 0 Å². The first-order chi connectivity index (χ1) is 5.86. The van der Waals surface area contributed by atoms with Gasteiger partial charge in [-0.1, -0.05) is 12.1 Å². The summed E-state index contributed by atoms with van der Waals surface area (Å²) in [6.45, 7) is 0. The molecule has 1 aliphatic heterocycles. The summed E-state index contributed by atoms with van der Waals surface area (Å²) in [4.78, 5) is 13.8. The molecule has 0 atom stereocenters. The smallest absolute Gasteiger partial charge is 0.364 e. The highest BCUT2D eigenvalue weighted by Gasteiger charge is 2.30. The summed E-state index contributed by atoms with van der Waals surface area (Å²) >= 11 is 0. The molecule has 0 spiro atoms. The Hall–Kier alpha value is -1.77. The molecule has 0 radical (unpaired) electrons. The zero-order valence-electron chi connectivity index (χ0n) is 6.13. The van der Waals surface area contributed by atoms with E-state index in [1.807, 2.05) is 24.3 Å². The van der Waals surface area contributed by atoms with Gasteiger partial charge in [0.1, 0.15) is 0 Å². The molecule has 3 nitrogen and oxygen atoms in total. The largest absolute Gasteiger partial charge is 0.418 e. The minimum absolute atomic E-state index is 0.263. The van der Waals surface area contributed by atoms with Crippen LogP contribution in [0, 0.1) is 0 Å². The van der Waals surface area contributed by atoms with Crippen molar-refractivity contribution in [3.8, 4) is 5.75 Å². The highest BCUT2D eigenvalue weighted by molar-refractivity contribution is 6.09. The monoisotopic (exact) mass is 159 g/mol. The van der Waals surface area contributed by atoms with Crippen molar-refractivity contribution in [2.75, 3.05) is 0 Å². The number of aromatic amines is 1. The van der Waals surface area contributed by atoms with Crippen molar-refractivity contribution >= 4 is 16.9 Å². The third-order valence-corrected chi connectivity index (χ3v) is 2.06. The van der Waals surface area contributed by atoms with Gasteiger partial charge in [-0.05, 0) is 12.1 Å². The van der Waals surface area contributed by atoms with E-state index in [0.29, 0.717) is 11.4 Å². The van der Waals surface area contributed by atoms with E-state index in [-0.39, 0.29) is 5.97 Å². The summed E-state index contributed by atoms with van der Waals surface area (Å²) in [5.74, 6) is 0.428. The molecule has 0 unspecified atom stereocenters. The quantitative estimate of drug-likeness (QED) is 0.594. The van der Waals surface area contributed by atoms with Crippen LogP contribution in [0.2, 0.25) is 0 Å². The molecule has 1 aliphatic rings. The van der Waals surface area contributed by atoms with Crippen molar-refractivity contribution in [2.24, 2.45) is 0 Å². The van der Waals surface area contributed by atoms with E-state index >= 15 is 0 Å². The lowest BCUT2D eigenvalue weighted by Crippen LogP contribution is -2.19. The number of aromatic nitrogens is 1. The molecule has 1 aromatic carbocycles. The highest BCUT2D eigenvalue weighted by Crippen LogP contribution is 2.36. The molecule has 58 valence electrons. The Labute approximate surface area is 68.0 Å². The second-order valence-corrected chi connectivity index (χ2v) is 2.76. The molecule has 0 amide bonds. The number of para-hydroxylation sites is 1. The van der Waals surface area contributed by atoms with Crippen LogP contribution in [0.5, 0.6) is 5.75 Å². The van der Waals surface area contributed by atoms with Crippen LogP contribution < -0.4 is 4.74 Å². The molecule has 0 saturated carbocycles. The van der Waals surface area contributed by atoms with Gasteiger partial charge in [-0.3, -0.25) is 0 Å². The molecular formula is C9H5NO2. The van der Waals surface area contributed by atoms with Gasteiger partial charge in [-0.25, -0.2) is 4.79 Å². The van der Waals surface area contributed by atoms with Crippen LogP contribution in [0.25, 0.3) is 10.9 Å². The van der Waals surface area contributed by atoms with E-state index in [2.05, 4.69) is 4.98 Å².